The first-order chi connectivity index (χ1) is 18.6. The Bertz CT molecular complexity index is 952. The number of unbranched alkanes of at least 4 members (excludes halogenated alkanes) is 6. The second-order valence-corrected chi connectivity index (χ2v) is 13.3. The largest absolute Gasteiger partial charge is 0.0654 e. The summed E-state index contributed by atoms with van der Waals surface area (Å²) in [6.07, 6.45) is 25.7. The van der Waals surface area contributed by atoms with Gasteiger partial charge in [-0.1, -0.05) is 114 Å². The third-order valence-electron chi connectivity index (χ3n) is 10.3. The third kappa shape index (κ3) is 8.22. The molecular weight excluding hydrogens is 456 g/mol. The minimum absolute atomic E-state index is 0.778. The highest BCUT2D eigenvalue weighted by atomic mass is 14.3. The van der Waals surface area contributed by atoms with Gasteiger partial charge in [0.1, 0.15) is 0 Å². The summed E-state index contributed by atoms with van der Waals surface area (Å²) in [5.41, 5.74) is 9.02. The Labute approximate surface area is 236 Å². The van der Waals surface area contributed by atoms with Crippen LogP contribution in [-0.2, 0) is 0 Å². The fourth-order valence-corrected chi connectivity index (χ4v) is 7.91. The molecule has 4 rings (SSSR count). The van der Waals surface area contributed by atoms with Gasteiger partial charge >= 0.3 is 0 Å². The maximum absolute atomic E-state index is 2.52. The van der Waals surface area contributed by atoms with Gasteiger partial charge in [0, 0.05) is 0 Å². The van der Waals surface area contributed by atoms with Crippen LogP contribution in [0.1, 0.15) is 164 Å². The average Bonchev–Trinajstić information content (AvgIpc) is 2.93. The van der Waals surface area contributed by atoms with Gasteiger partial charge in [-0.2, -0.15) is 0 Å². The summed E-state index contributed by atoms with van der Waals surface area (Å²) in [4.78, 5) is 0. The quantitative estimate of drug-likeness (QED) is 0.233. The van der Waals surface area contributed by atoms with Crippen LogP contribution < -0.4 is 0 Å². The van der Waals surface area contributed by atoms with E-state index in [2.05, 4.69) is 64.1 Å². The highest BCUT2D eigenvalue weighted by Gasteiger charge is 2.24. The molecular formula is C38H58. The predicted octanol–water partition coefficient (Wildman–Crippen LogP) is 12.5. The molecule has 0 heterocycles. The second kappa shape index (κ2) is 15.3. The molecule has 0 saturated heterocycles. The summed E-state index contributed by atoms with van der Waals surface area (Å²) in [5.74, 6) is 3.53. The van der Waals surface area contributed by atoms with Crippen LogP contribution >= 0.6 is 0 Å². The van der Waals surface area contributed by atoms with Gasteiger partial charge < -0.3 is 0 Å². The smallest absolute Gasteiger partial charge is 0.0154 e. The van der Waals surface area contributed by atoms with Gasteiger partial charge in [-0.15, -0.1) is 0 Å². The Morgan fingerprint density at radius 3 is 1.82 bits per heavy atom. The van der Waals surface area contributed by atoms with E-state index in [1.807, 2.05) is 0 Å². The van der Waals surface area contributed by atoms with Crippen LogP contribution in [0.5, 0.6) is 0 Å². The molecule has 2 saturated carbocycles. The van der Waals surface area contributed by atoms with E-state index in [9.17, 15) is 0 Å². The van der Waals surface area contributed by atoms with E-state index >= 15 is 0 Å². The van der Waals surface area contributed by atoms with Crippen molar-refractivity contribution in [3.05, 3.63) is 58.7 Å². The minimum Gasteiger partial charge on any atom is -0.0654 e. The van der Waals surface area contributed by atoms with E-state index in [0.29, 0.717) is 0 Å². The molecule has 0 bridgehead atoms. The number of benzene rings is 2. The van der Waals surface area contributed by atoms with Gasteiger partial charge in [0.15, 0.2) is 0 Å². The molecule has 2 fully saturated rings. The van der Waals surface area contributed by atoms with E-state index in [1.165, 1.54) is 138 Å². The van der Waals surface area contributed by atoms with Crippen LogP contribution in [0.4, 0.5) is 0 Å². The van der Waals surface area contributed by atoms with Crippen molar-refractivity contribution in [2.45, 2.75) is 155 Å². The van der Waals surface area contributed by atoms with E-state index < -0.39 is 0 Å². The number of aryl methyl sites for hydroxylation is 2. The minimum atomic E-state index is 0.778. The molecule has 2 aromatic rings. The third-order valence-corrected chi connectivity index (χ3v) is 10.3. The van der Waals surface area contributed by atoms with Crippen LogP contribution in [0.25, 0.3) is 11.1 Å². The van der Waals surface area contributed by atoms with Crippen LogP contribution in [0.15, 0.2) is 36.4 Å². The van der Waals surface area contributed by atoms with Crippen molar-refractivity contribution in [3.63, 3.8) is 0 Å². The lowest BCUT2D eigenvalue weighted by Gasteiger charge is -2.30. The molecule has 2 aromatic carbocycles. The van der Waals surface area contributed by atoms with Crippen LogP contribution in [0.3, 0.4) is 0 Å². The lowest BCUT2D eigenvalue weighted by Crippen LogP contribution is -2.14. The molecule has 2 aliphatic carbocycles. The first kappa shape index (κ1) is 29.4. The predicted molar refractivity (Wildman–Crippen MR) is 168 cm³/mol. The molecule has 0 aromatic heterocycles. The van der Waals surface area contributed by atoms with Crippen LogP contribution in [0, 0.1) is 25.7 Å². The van der Waals surface area contributed by atoms with Crippen molar-refractivity contribution >= 4 is 0 Å². The first-order valence-electron chi connectivity index (χ1n) is 16.8. The Hall–Kier alpha value is -1.56. The van der Waals surface area contributed by atoms with Gasteiger partial charge in [0.2, 0.25) is 0 Å². The number of rotatable bonds is 13. The SMILES string of the molecule is CCCCCCCCCC1CCC(c2ccc(-c3ccc(C4CCC(CCC)CC4)c(C)c3)c(C)c2)CC1. The maximum atomic E-state index is 2.52. The topological polar surface area (TPSA) is 0 Å². The molecule has 0 aliphatic heterocycles. The van der Waals surface area contributed by atoms with E-state index in [4.69, 9.17) is 0 Å². The van der Waals surface area contributed by atoms with Gasteiger partial charge in [0.05, 0.1) is 0 Å². The highest BCUT2D eigenvalue weighted by Crippen LogP contribution is 2.41. The summed E-state index contributed by atoms with van der Waals surface area (Å²) < 4.78 is 0. The summed E-state index contributed by atoms with van der Waals surface area (Å²) in [6, 6.07) is 14.8. The van der Waals surface area contributed by atoms with Gasteiger partial charge in [0.25, 0.3) is 0 Å². The van der Waals surface area contributed by atoms with Gasteiger partial charge in [-0.25, -0.2) is 0 Å². The summed E-state index contributed by atoms with van der Waals surface area (Å²) in [5, 5.41) is 0. The van der Waals surface area contributed by atoms with E-state index in [0.717, 1.165) is 23.7 Å². The average molecular weight is 515 g/mol. The Kier molecular flexibility index (Phi) is 11.8. The Morgan fingerprint density at radius 1 is 0.553 bits per heavy atom. The van der Waals surface area contributed by atoms with Crippen LogP contribution in [0.2, 0.25) is 0 Å². The summed E-state index contributed by atoms with van der Waals surface area (Å²) in [7, 11) is 0. The van der Waals surface area contributed by atoms with Crippen molar-refractivity contribution < 1.29 is 0 Å². The molecule has 0 amide bonds. The fraction of sp³-hybridized carbons (Fsp3) is 0.684. The lowest BCUT2D eigenvalue weighted by atomic mass is 9.75. The molecule has 0 heteroatoms. The summed E-state index contributed by atoms with van der Waals surface area (Å²) in [6.45, 7) is 9.34. The summed E-state index contributed by atoms with van der Waals surface area (Å²) >= 11 is 0. The molecule has 0 atom stereocenters. The van der Waals surface area contributed by atoms with Crippen LogP contribution in [-0.4, -0.2) is 0 Å². The Balaban J connectivity index is 1.27. The first-order valence-corrected chi connectivity index (χ1v) is 16.8. The zero-order chi connectivity index (χ0) is 26.7. The van der Waals surface area contributed by atoms with Gasteiger partial charge in [-0.3, -0.25) is 0 Å². The van der Waals surface area contributed by atoms with Crippen molar-refractivity contribution in [1.29, 1.82) is 0 Å². The maximum Gasteiger partial charge on any atom is -0.0154 e. The number of hydrogen-bond acceptors (Lipinski definition) is 0. The van der Waals surface area contributed by atoms with E-state index in [-0.39, 0.29) is 0 Å². The zero-order valence-electron chi connectivity index (χ0n) is 25.5. The molecule has 0 spiro atoms. The van der Waals surface area contributed by atoms with Crippen molar-refractivity contribution in [3.8, 4) is 11.1 Å². The molecule has 0 radical (unpaired) electrons. The second-order valence-electron chi connectivity index (χ2n) is 13.3. The normalized spacial score (nSPS) is 24.0. The van der Waals surface area contributed by atoms with Crippen molar-refractivity contribution in [1.82, 2.24) is 0 Å². The number of hydrogen-bond donors (Lipinski definition) is 0. The van der Waals surface area contributed by atoms with Gasteiger partial charge in [-0.05, 0) is 122 Å². The van der Waals surface area contributed by atoms with Crippen molar-refractivity contribution in [2.75, 3.05) is 0 Å². The molecule has 210 valence electrons. The molecule has 0 unspecified atom stereocenters. The zero-order valence-corrected chi connectivity index (χ0v) is 25.5. The molecule has 0 nitrogen and oxygen atoms in total. The van der Waals surface area contributed by atoms with Crippen molar-refractivity contribution in [2.24, 2.45) is 11.8 Å². The highest BCUT2D eigenvalue weighted by molar-refractivity contribution is 5.69. The monoisotopic (exact) mass is 514 g/mol. The Morgan fingerprint density at radius 2 is 1.18 bits per heavy atom. The lowest BCUT2D eigenvalue weighted by molar-refractivity contribution is 0.301. The van der Waals surface area contributed by atoms with E-state index in [1.54, 1.807) is 11.1 Å². The molecule has 0 N–H and O–H groups in total. The molecule has 2 aliphatic rings. The fourth-order valence-electron chi connectivity index (χ4n) is 7.91. The molecule has 38 heavy (non-hydrogen) atoms. The standard InChI is InChI=1S/C38H58/c1-5-7-8-9-10-11-12-14-32-15-19-33(20-16-32)35-23-25-38(29(3)27-35)36-24-26-37(30(4)28-36)34-21-17-31(13-6-2)18-22-34/h23-28,31-34H,5-22H2,1-4H3.